The molecule has 0 amide bonds. The van der Waals surface area contributed by atoms with Crippen LogP contribution in [0.4, 0.5) is 0 Å². The van der Waals surface area contributed by atoms with Crippen LogP contribution in [0.5, 0.6) is 23.0 Å². The molecule has 0 aliphatic carbocycles. The first-order valence-corrected chi connectivity index (χ1v) is 10.2. The zero-order chi connectivity index (χ0) is 17.3. The van der Waals surface area contributed by atoms with Crippen LogP contribution in [0.15, 0.2) is 78.9 Å². The van der Waals surface area contributed by atoms with Gasteiger partial charge in [-0.1, -0.05) is 48.5 Å². The van der Waals surface area contributed by atoms with E-state index in [0.717, 1.165) is 21.4 Å². The third-order valence-electron chi connectivity index (χ3n) is 5.11. The van der Waals surface area contributed by atoms with Crippen molar-refractivity contribution >= 4 is 33.8 Å². The fourth-order valence-electron chi connectivity index (χ4n) is 3.97. The van der Waals surface area contributed by atoms with Gasteiger partial charge in [0, 0.05) is 5.39 Å². The second-order valence-electron chi connectivity index (χ2n) is 6.52. The van der Waals surface area contributed by atoms with Crippen LogP contribution < -0.4 is 25.4 Å². The molecule has 0 radical (unpaired) electrons. The van der Waals surface area contributed by atoms with Crippen molar-refractivity contribution in [1.29, 1.82) is 0 Å². The monoisotopic (exact) mass is 356 g/mol. The smallest absolute Gasteiger partial charge is 0.185 e. The second kappa shape index (κ2) is 4.78. The molecule has 4 aromatic carbocycles. The first-order valence-electron chi connectivity index (χ1n) is 8.48. The summed E-state index contributed by atoms with van der Waals surface area (Å²) < 4.78 is 26.9. The number of ether oxygens (including phenoxy) is 2. The van der Waals surface area contributed by atoms with Gasteiger partial charge in [0.1, 0.15) is 28.3 Å². The molecular formula is C22H13O3P. The van der Waals surface area contributed by atoms with Crippen LogP contribution in [0.3, 0.4) is 0 Å². The third-order valence-corrected chi connectivity index (χ3v) is 8.26. The van der Waals surface area contributed by atoms with E-state index in [9.17, 15) is 4.57 Å². The van der Waals surface area contributed by atoms with Crippen LogP contribution in [0, 0.1) is 0 Å². The maximum Gasteiger partial charge on any atom is 0.185 e. The van der Waals surface area contributed by atoms with Gasteiger partial charge in [0.25, 0.3) is 0 Å². The Morgan fingerprint density at radius 2 is 1.35 bits per heavy atom. The van der Waals surface area contributed by atoms with Gasteiger partial charge in [0.2, 0.25) is 0 Å². The molecule has 2 heterocycles. The Balaban J connectivity index is 1.80. The van der Waals surface area contributed by atoms with Gasteiger partial charge in [-0.25, -0.2) is 0 Å². The van der Waals surface area contributed by atoms with Crippen molar-refractivity contribution in [2.24, 2.45) is 0 Å². The molecule has 0 saturated carbocycles. The minimum atomic E-state index is -3.07. The zero-order valence-electron chi connectivity index (χ0n) is 13.7. The molecule has 0 fully saturated rings. The summed E-state index contributed by atoms with van der Waals surface area (Å²) in [5.74, 6) is 2.57. The third kappa shape index (κ3) is 1.61. The van der Waals surface area contributed by atoms with E-state index in [1.54, 1.807) is 0 Å². The molecular weight excluding hydrogens is 343 g/mol. The maximum atomic E-state index is 14.6. The summed E-state index contributed by atoms with van der Waals surface area (Å²) in [6, 6.07) is 25.2. The zero-order valence-corrected chi connectivity index (χ0v) is 14.6. The van der Waals surface area contributed by atoms with Crippen LogP contribution in [0.25, 0.3) is 10.8 Å². The van der Waals surface area contributed by atoms with Gasteiger partial charge >= 0.3 is 0 Å². The number of fused-ring (bicyclic) bond motifs is 6. The van der Waals surface area contributed by atoms with Gasteiger partial charge in [0.15, 0.2) is 7.14 Å². The lowest BCUT2D eigenvalue weighted by molar-refractivity contribution is 0.464. The van der Waals surface area contributed by atoms with E-state index in [-0.39, 0.29) is 0 Å². The van der Waals surface area contributed by atoms with Gasteiger partial charge in [-0.15, -0.1) is 0 Å². The Kier molecular flexibility index (Phi) is 2.60. The Hall–Kier alpha value is -3.03. The van der Waals surface area contributed by atoms with Crippen LogP contribution in [-0.2, 0) is 4.57 Å². The molecule has 0 bridgehead atoms. The Bertz CT molecular complexity index is 1280. The fourth-order valence-corrected chi connectivity index (χ4v) is 7.03. The SMILES string of the molecule is O=P12c3ccccc3Oc3cccc(c31)Oc1c2ccc2ccccc12. The Morgan fingerprint density at radius 1 is 0.615 bits per heavy atom. The van der Waals surface area contributed by atoms with Gasteiger partial charge in [0.05, 0.1) is 10.6 Å². The van der Waals surface area contributed by atoms with Crippen molar-refractivity contribution < 1.29 is 14.0 Å². The van der Waals surface area contributed by atoms with Gasteiger partial charge in [-0.05, 0) is 35.7 Å². The van der Waals surface area contributed by atoms with Crippen molar-refractivity contribution in [3.8, 4) is 23.0 Å². The van der Waals surface area contributed by atoms with Gasteiger partial charge in [-0.2, -0.15) is 0 Å². The average Bonchev–Trinajstić information content (AvgIpc) is 2.68. The summed E-state index contributed by atoms with van der Waals surface area (Å²) in [6.07, 6.45) is 0. The second-order valence-corrected chi connectivity index (χ2v) is 9.15. The highest BCUT2D eigenvalue weighted by molar-refractivity contribution is 7.86. The Morgan fingerprint density at radius 3 is 2.27 bits per heavy atom. The van der Waals surface area contributed by atoms with Crippen molar-refractivity contribution in [3.63, 3.8) is 0 Å². The van der Waals surface area contributed by atoms with Crippen LogP contribution >= 0.6 is 7.14 Å². The quantitative estimate of drug-likeness (QED) is 0.370. The van der Waals surface area contributed by atoms with Crippen molar-refractivity contribution in [2.45, 2.75) is 0 Å². The molecule has 0 saturated heterocycles. The van der Waals surface area contributed by atoms with E-state index < -0.39 is 7.14 Å². The normalized spacial score (nSPS) is 18.9. The molecule has 2 aliphatic rings. The van der Waals surface area contributed by atoms with E-state index >= 15 is 0 Å². The highest BCUT2D eigenvalue weighted by Crippen LogP contribution is 2.58. The molecule has 1 unspecified atom stereocenters. The van der Waals surface area contributed by atoms with Crippen molar-refractivity contribution in [1.82, 2.24) is 0 Å². The fraction of sp³-hybridized carbons (Fsp3) is 0. The molecule has 4 heteroatoms. The van der Waals surface area contributed by atoms with E-state index in [1.165, 1.54) is 0 Å². The van der Waals surface area contributed by atoms with Gasteiger partial charge in [-0.3, -0.25) is 0 Å². The first kappa shape index (κ1) is 14.2. The van der Waals surface area contributed by atoms with Crippen LogP contribution in [0.2, 0.25) is 0 Å². The number of hydrogen-bond acceptors (Lipinski definition) is 3. The molecule has 0 N–H and O–H groups in total. The molecule has 1 atom stereocenters. The summed E-state index contributed by atoms with van der Waals surface area (Å²) in [4.78, 5) is 0. The summed E-state index contributed by atoms with van der Waals surface area (Å²) in [7, 11) is -3.07. The molecule has 6 rings (SSSR count). The lowest BCUT2D eigenvalue weighted by Crippen LogP contribution is -2.35. The lowest BCUT2D eigenvalue weighted by Gasteiger charge is -2.34. The van der Waals surface area contributed by atoms with E-state index in [4.69, 9.17) is 9.47 Å². The maximum absolute atomic E-state index is 14.6. The number of para-hydroxylation sites is 1. The van der Waals surface area contributed by atoms with Gasteiger partial charge < -0.3 is 14.0 Å². The largest absolute Gasteiger partial charge is 0.456 e. The summed E-state index contributed by atoms with van der Waals surface area (Å²) >= 11 is 0. The first-order chi connectivity index (χ1) is 12.8. The predicted molar refractivity (Wildman–Crippen MR) is 103 cm³/mol. The molecule has 0 aromatic heterocycles. The topological polar surface area (TPSA) is 35.5 Å². The highest BCUT2D eigenvalue weighted by Gasteiger charge is 2.46. The molecule has 124 valence electrons. The number of hydrogen-bond donors (Lipinski definition) is 0. The standard InChI is InChI=1S/C22H13O3P/c23-26-19-11-4-3-8-16(19)24-17-9-5-10-18(22(17)26)25-21-15-7-2-1-6-14(15)12-13-20(21)26/h1-13H. The molecule has 2 aliphatic heterocycles. The highest BCUT2D eigenvalue weighted by atomic mass is 31.2. The summed E-state index contributed by atoms with van der Waals surface area (Å²) in [6.45, 7) is 0. The van der Waals surface area contributed by atoms with Crippen LogP contribution in [0.1, 0.15) is 0 Å². The van der Waals surface area contributed by atoms with E-state index in [1.807, 2.05) is 78.9 Å². The predicted octanol–water partition coefficient (Wildman–Crippen LogP) is 4.69. The average molecular weight is 356 g/mol. The summed E-state index contributed by atoms with van der Waals surface area (Å²) in [5.41, 5.74) is 0. The summed E-state index contributed by atoms with van der Waals surface area (Å²) in [5, 5.41) is 4.19. The molecule has 4 aromatic rings. The van der Waals surface area contributed by atoms with Crippen LogP contribution in [-0.4, -0.2) is 0 Å². The minimum absolute atomic E-state index is 0.614. The van der Waals surface area contributed by atoms with Crippen molar-refractivity contribution in [3.05, 3.63) is 78.9 Å². The molecule has 26 heavy (non-hydrogen) atoms. The molecule has 3 nitrogen and oxygen atoms in total. The minimum Gasteiger partial charge on any atom is -0.456 e. The van der Waals surface area contributed by atoms with E-state index in [2.05, 4.69) is 0 Å². The van der Waals surface area contributed by atoms with Crippen molar-refractivity contribution in [2.75, 3.05) is 0 Å². The number of benzene rings is 4. The van der Waals surface area contributed by atoms with E-state index in [0.29, 0.717) is 28.3 Å². The molecule has 0 spiro atoms. The Labute approximate surface area is 150 Å². The lowest BCUT2D eigenvalue weighted by atomic mass is 10.1. The number of rotatable bonds is 0.